The molecule has 0 N–H and O–H groups in total. The molecule has 2 rings (SSSR count). The lowest BCUT2D eigenvalue weighted by atomic mass is 9.99. The molecule has 0 atom stereocenters. The number of methoxy groups -OCH3 is 1. The monoisotopic (exact) mass is 331 g/mol. The van der Waals surface area contributed by atoms with Crippen molar-refractivity contribution in [2.45, 2.75) is 20.5 Å². The van der Waals surface area contributed by atoms with Gasteiger partial charge >= 0.3 is 5.97 Å². The van der Waals surface area contributed by atoms with E-state index in [0.29, 0.717) is 17.2 Å². The first kappa shape index (κ1) is 17.0. The third kappa shape index (κ3) is 4.57. The lowest BCUT2D eigenvalue weighted by molar-refractivity contribution is 0.0601. The van der Waals surface area contributed by atoms with E-state index in [-0.39, 0.29) is 5.97 Å². The highest BCUT2D eigenvalue weighted by molar-refractivity contribution is 6.30. The van der Waals surface area contributed by atoms with Gasteiger partial charge in [0, 0.05) is 5.02 Å². The van der Waals surface area contributed by atoms with Gasteiger partial charge in [-0.25, -0.2) is 4.79 Å². The van der Waals surface area contributed by atoms with Gasteiger partial charge < -0.3 is 9.57 Å². The molecule has 0 aliphatic carbocycles. The molecule has 4 nitrogen and oxygen atoms in total. The average molecular weight is 332 g/mol. The van der Waals surface area contributed by atoms with Gasteiger partial charge in [0.25, 0.3) is 0 Å². The van der Waals surface area contributed by atoms with Crippen LogP contribution in [0.15, 0.2) is 47.6 Å². The van der Waals surface area contributed by atoms with Crippen molar-refractivity contribution in [3.63, 3.8) is 0 Å². The Kier molecular flexibility index (Phi) is 5.77. The van der Waals surface area contributed by atoms with Crippen molar-refractivity contribution in [1.82, 2.24) is 0 Å². The van der Waals surface area contributed by atoms with Crippen molar-refractivity contribution >= 4 is 23.3 Å². The summed E-state index contributed by atoms with van der Waals surface area (Å²) in [7, 11) is 1.36. The van der Waals surface area contributed by atoms with Crippen LogP contribution in [0.2, 0.25) is 5.02 Å². The smallest absolute Gasteiger partial charge is 0.337 e. The molecule has 0 radical (unpaired) electrons. The number of rotatable bonds is 5. The summed E-state index contributed by atoms with van der Waals surface area (Å²) in [6.07, 6.45) is 0. The first-order valence-electron chi connectivity index (χ1n) is 7.11. The third-order valence-electron chi connectivity index (χ3n) is 3.16. The quantitative estimate of drug-likeness (QED) is 0.453. The molecule has 0 amide bonds. The number of carbonyl (C=O) groups is 1. The van der Waals surface area contributed by atoms with E-state index >= 15 is 0 Å². The van der Waals surface area contributed by atoms with Gasteiger partial charge in [0.1, 0.15) is 6.61 Å². The predicted octanol–water partition coefficient (Wildman–Crippen LogP) is 4.71. The van der Waals surface area contributed by atoms with Gasteiger partial charge in [-0.15, -0.1) is 0 Å². The molecule has 2 aromatic carbocycles. The molecule has 0 saturated heterocycles. The molecule has 0 aliphatic heterocycles. The maximum Gasteiger partial charge on any atom is 0.337 e. The Balaban J connectivity index is 2.32. The molecule has 0 spiro atoms. The minimum atomic E-state index is -0.362. The SMILES string of the molecule is COC(=O)c1ccc(-c2cc(Cl)ccc2CON=C(C)C)cc1. The molecule has 23 heavy (non-hydrogen) atoms. The van der Waals surface area contributed by atoms with Crippen LogP contribution in [0.25, 0.3) is 11.1 Å². The molecule has 0 aromatic heterocycles. The van der Waals surface area contributed by atoms with Crippen LogP contribution < -0.4 is 0 Å². The number of esters is 1. The fourth-order valence-electron chi connectivity index (χ4n) is 2.08. The third-order valence-corrected chi connectivity index (χ3v) is 3.39. The van der Waals surface area contributed by atoms with Gasteiger partial charge in [-0.1, -0.05) is 35.0 Å². The average Bonchev–Trinajstić information content (AvgIpc) is 2.55. The molecule has 120 valence electrons. The number of nitrogens with zero attached hydrogens (tertiary/aromatic N) is 1. The molecular weight excluding hydrogens is 314 g/mol. The largest absolute Gasteiger partial charge is 0.465 e. The summed E-state index contributed by atoms with van der Waals surface area (Å²) in [5, 5.41) is 4.58. The highest BCUT2D eigenvalue weighted by Crippen LogP contribution is 2.28. The Bertz CT molecular complexity index is 720. The zero-order valence-corrected chi connectivity index (χ0v) is 14.1. The number of carbonyl (C=O) groups excluding carboxylic acids is 1. The van der Waals surface area contributed by atoms with E-state index < -0.39 is 0 Å². The van der Waals surface area contributed by atoms with E-state index in [1.54, 1.807) is 12.1 Å². The number of hydrogen-bond donors (Lipinski definition) is 0. The van der Waals surface area contributed by atoms with E-state index in [1.165, 1.54) is 7.11 Å². The van der Waals surface area contributed by atoms with Crippen molar-refractivity contribution in [2.24, 2.45) is 5.16 Å². The summed E-state index contributed by atoms with van der Waals surface area (Å²) in [5.74, 6) is -0.362. The molecule has 0 bridgehead atoms. The van der Waals surface area contributed by atoms with Crippen LogP contribution in [0.1, 0.15) is 29.8 Å². The molecular formula is C18H18ClNO3. The minimum absolute atomic E-state index is 0.344. The summed E-state index contributed by atoms with van der Waals surface area (Å²) in [4.78, 5) is 16.8. The van der Waals surface area contributed by atoms with Crippen molar-refractivity contribution in [3.8, 4) is 11.1 Å². The zero-order valence-electron chi connectivity index (χ0n) is 13.3. The zero-order chi connectivity index (χ0) is 16.8. The summed E-state index contributed by atoms with van der Waals surface area (Å²) < 4.78 is 4.71. The summed E-state index contributed by atoms with van der Waals surface area (Å²) in [5.41, 5.74) is 4.20. The number of ether oxygens (including phenoxy) is 1. The first-order valence-corrected chi connectivity index (χ1v) is 7.49. The fraction of sp³-hybridized carbons (Fsp3) is 0.222. The fourth-order valence-corrected chi connectivity index (χ4v) is 2.25. The molecule has 2 aromatic rings. The van der Waals surface area contributed by atoms with E-state index in [2.05, 4.69) is 5.16 Å². The maximum absolute atomic E-state index is 11.5. The van der Waals surface area contributed by atoms with Crippen LogP contribution in [0.5, 0.6) is 0 Å². The number of halogens is 1. The van der Waals surface area contributed by atoms with Crippen molar-refractivity contribution in [2.75, 3.05) is 7.11 Å². The van der Waals surface area contributed by atoms with Crippen LogP contribution in [-0.2, 0) is 16.2 Å². The van der Waals surface area contributed by atoms with Crippen LogP contribution in [0, 0.1) is 0 Å². The topological polar surface area (TPSA) is 47.9 Å². The number of oxime groups is 1. The van der Waals surface area contributed by atoms with Gasteiger partial charge in [-0.2, -0.15) is 0 Å². The van der Waals surface area contributed by atoms with Crippen LogP contribution >= 0.6 is 11.6 Å². The number of benzene rings is 2. The van der Waals surface area contributed by atoms with E-state index in [0.717, 1.165) is 22.4 Å². The van der Waals surface area contributed by atoms with E-state index in [9.17, 15) is 4.79 Å². The van der Waals surface area contributed by atoms with E-state index in [4.69, 9.17) is 21.2 Å². The van der Waals surface area contributed by atoms with Gasteiger partial charge in [-0.3, -0.25) is 0 Å². The standard InChI is InChI=1S/C18H18ClNO3/c1-12(2)20-23-11-15-8-9-16(19)10-17(15)13-4-6-14(7-5-13)18(21)22-3/h4-10H,11H2,1-3H3. The highest BCUT2D eigenvalue weighted by Gasteiger charge is 2.09. The first-order chi connectivity index (χ1) is 11.0. The van der Waals surface area contributed by atoms with E-state index in [1.807, 2.05) is 44.2 Å². The predicted molar refractivity (Wildman–Crippen MR) is 91.8 cm³/mol. The van der Waals surface area contributed by atoms with Gasteiger partial charge in [0.05, 0.1) is 18.4 Å². The van der Waals surface area contributed by atoms with Crippen molar-refractivity contribution in [3.05, 3.63) is 58.6 Å². The molecule has 0 unspecified atom stereocenters. The van der Waals surface area contributed by atoms with Gasteiger partial charge in [0.15, 0.2) is 0 Å². The van der Waals surface area contributed by atoms with Gasteiger partial charge in [-0.05, 0) is 54.8 Å². The Morgan fingerprint density at radius 3 is 2.43 bits per heavy atom. The Labute approximate surface area is 140 Å². The molecule has 0 heterocycles. The van der Waals surface area contributed by atoms with Crippen molar-refractivity contribution < 1.29 is 14.4 Å². The Hall–Kier alpha value is -2.33. The Morgan fingerprint density at radius 1 is 1.13 bits per heavy atom. The summed E-state index contributed by atoms with van der Waals surface area (Å²) in [6, 6.07) is 12.8. The van der Waals surface area contributed by atoms with Crippen LogP contribution in [-0.4, -0.2) is 18.8 Å². The summed E-state index contributed by atoms with van der Waals surface area (Å²) >= 11 is 6.11. The lowest BCUT2D eigenvalue weighted by Crippen LogP contribution is -2.00. The molecule has 0 aliphatic rings. The second-order valence-electron chi connectivity index (χ2n) is 5.18. The lowest BCUT2D eigenvalue weighted by Gasteiger charge is -2.10. The molecule has 5 heteroatoms. The molecule has 0 fully saturated rings. The van der Waals surface area contributed by atoms with Crippen LogP contribution in [0.3, 0.4) is 0 Å². The summed E-state index contributed by atoms with van der Waals surface area (Å²) in [6.45, 7) is 4.08. The van der Waals surface area contributed by atoms with Crippen LogP contribution in [0.4, 0.5) is 0 Å². The minimum Gasteiger partial charge on any atom is -0.465 e. The highest BCUT2D eigenvalue weighted by atomic mass is 35.5. The number of hydrogen-bond acceptors (Lipinski definition) is 4. The normalized spacial score (nSPS) is 10.1. The van der Waals surface area contributed by atoms with Gasteiger partial charge in [0.2, 0.25) is 0 Å². The second-order valence-corrected chi connectivity index (χ2v) is 5.62. The van der Waals surface area contributed by atoms with Crippen molar-refractivity contribution in [1.29, 1.82) is 0 Å². The maximum atomic E-state index is 11.5. The second kappa shape index (κ2) is 7.79. The Morgan fingerprint density at radius 2 is 1.83 bits per heavy atom. The molecule has 0 saturated carbocycles.